The van der Waals surface area contributed by atoms with Gasteiger partial charge in [0, 0.05) is 5.75 Å². The highest BCUT2D eigenvalue weighted by molar-refractivity contribution is 7.98. The van der Waals surface area contributed by atoms with Gasteiger partial charge in [-0.25, -0.2) is 4.79 Å². The van der Waals surface area contributed by atoms with Gasteiger partial charge in [0.15, 0.2) is 6.04 Å². The number of aliphatic carboxylic acids is 1. The van der Waals surface area contributed by atoms with E-state index in [4.69, 9.17) is 5.73 Å². The molecular weight excluding hydrogens is 468 g/mol. The summed E-state index contributed by atoms with van der Waals surface area (Å²) in [6, 6.07) is 4.64. The second-order valence-electron chi connectivity index (χ2n) is 7.45. The van der Waals surface area contributed by atoms with E-state index in [0.717, 1.165) is 5.56 Å². The van der Waals surface area contributed by atoms with Crippen LogP contribution in [-0.4, -0.2) is 81.9 Å². The number of aliphatic hydroxyl groups is 1. The molecule has 0 aliphatic carbocycles. The normalized spacial score (nSPS) is 15.4. The number of aliphatic hydroxyl groups excluding tert-OH is 1. The molecule has 0 saturated carbocycles. The van der Waals surface area contributed by atoms with Gasteiger partial charge in [0.25, 0.3) is 0 Å². The second kappa shape index (κ2) is 14.8. The number of amides is 3. The summed E-state index contributed by atoms with van der Waals surface area (Å²) in [7, 11) is 0. The lowest BCUT2D eigenvalue weighted by atomic mass is 10.1. The summed E-state index contributed by atoms with van der Waals surface area (Å²) in [5, 5.41) is 26.1. The zero-order chi connectivity index (χ0) is 25.0. The molecule has 33 heavy (non-hydrogen) atoms. The summed E-state index contributed by atoms with van der Waals surface area (Å²) >= 11 is 5.56. The van der Waals surface area contributed by atoms with Gasteiger partial charge >= 0.3 is 5.97 Å². The van der Waals surface area contributed by atoms with Crippen LogP contribution < -0.4 is 21.7 Å². The van der Waals surface area contributed by atoms with Gasteiger partial charge in [-0.05, 0) is 37.3 Å². The van der Waals surface area contributed by atoms with Crippen LogP contribution in [0.5, 0.6) is 0 Å². The molecule has 0 saturated heterocycles. The first-order valence-electron chi connectivity index (χ1n) is 10.3. The standard InChI is InChI=1S/C21H32N4O6S2/c1-12(26)17(21(30)31)25-19(28)15(8-9-33-2)23-20(29)16(11-32)24-18(27)14(22)10-13-6-4-3-5-7-13/h3-7,12,14-17,26,32H,8-11,22H2,1-2H3,(H,23,29)(H,24,27)(H,25,28)(H,30,31). The molecule has 0 aliphatic heterocycles. The van der Waals surface area contributed by atoms with Crippen molar-refractivity contribution < 1.29 is 29.4 Å². The van der Waals surface area contributed by atoms with Crippen LogP contribution in [0.15, 0.2) is 30.3 Å². The molecule has 10 nitrogen and oxygen atoms in total. The Kier molecular flexibility index (Phi) is 12.9. The fraction of sp³-hybridized carbons (Fsp3) is 0.524. The molecular formula is C21H32N4O6S2. The minimum Gasteiger partial charge on any atom is -0.480 e. The van der Waals surface area contributed by atoms with Gasteiger partial charge in [0.05, 0.1) is 12.1 Å². The van der Waals surface area contributed by atoms with Crippen molar-refractivity contribution in [3.05, 3.63) is 35.9 Å². The maximum Gasteiger partial charge on any atom is 0.328 e. The summed E-state index contributed by atoms with van der Waals surface area (Å²) in [4.78, 5) is 49.1. The van der Waals surface area contributed by atoms with Crippen molar-refractivity contribution in [2.24, 2.45) is 5.73 Å². The SMILES string of the molecule is CSCCC(NC(=O)C(CS)NC(=O)C(N)Cc1ccccc1)C(=O)NC(C(=O)O)C(C)O. The molecule has 5 atom stereocenters. The first kappa shape index (κ1) is 28.8. The van der Waals surface area contributed by atoms with Crippen LogP contribution >= 0.6 is 24.4 Å². The van der Waals surface area contributed by atoms with E-state index >= 15 is 0 Å². The zero-order valence-corrected chi connectivity index (χ0v) is 20.3. The maximum absolute atomic E-state index is 12.8. The summed E-state index contributed by atoms with van der Waals surface area (Å²) in [5.74, 6) is -2.90. The topological polar surface area (TPSA) is 171 Å². The molecule has 7 N–H and O–H groups in total. The molecule has 12 heteroatoms. The summed E-state index contributed by atoms with van der Waals surface area (Å²) in [6.07, 6.45) is 0.977. The Labute approximate surface area is 202 Å². The molecule has 3 amide bonds. The van der Waals surface area contributed by atoms with Crippen molar-refractivity contribution in [2.75, 3.05) is 17.8 Å². The number of hydrogen-bond acceptors (Lipinski definition) is 8. The first-order valence-corrected chi connectivity index (χ1v) is 12.3. The zero-order valence-electron chi connectivity index (χ0n) is 18.6. The number of thioether (sulfide) groups is 1. The highest BCUT2D eigenvalue weighted by Crippen LogP contribution is 2.05. The van der Waals surface area contributed by atoms with E-state index in [1.54, 1.807) is 0 Å². The van der Waals surface area contributed by atoms with Crippen LogP contribution in [0.2, 0.25) is 0 Å². The Bertz CT molecular complexity index is 796. The van der Waals surface area contributed by atoms with Gasteiger partial charge in [-0.2, -0.15) is 24.4 Å². The highest BCUT2D eigenvalue weighted by Gasteiger charge is 2.31. The Balaban J connectivity index is 2.80. The molecule has 1 aromatic rings. The Morgan fingerprint density at radius 2 is 1.61 bits per heavy atom. The minimum absolute atomic E-state index is 0.0437. The number of carbonyl (C=O) groups is 4. The third-order valence-electron chi connectivity index (χ3n) is 4.74. The molecule has 1 rings (SSSR count). The van der Waals surface area contributed by atoms with E-state index in [1.165, 1.54) is 18.7 Å². The number of nitrogens with one attached hydrogen (secondary N) is 3. The number of carboxylic acids is 1. The second-order valence-corrected chi connectivity index (χ2v) is 8.80. The van der Waals surface area contributed by atoms with Gasteiger partial charge < -0.3 is 31.9 Å². The molecule has 0 heterocycles. The molecule has 1 aromatic carbocycles. The maximum atomic E-state index is 12.8. The molecule has 0 aromatic heterocycles. The predicted octanol–water partition coefficient (Wildman–Crippen LogP) is -0.841. The lowest BCUT2D eigenvalue weighted by molar-refractivity contribution is -0.145. The van der Waals surface area contributed by atoms with Crippen LogP contribution in [0.4, 0.5) is 0 Å². The number of rotatable bonds is 14. The van der Waals surface area contributed by atoms with E-state index in [-0.39, 0.29) is 18.6 Å². The fourth-order valence-electron chi connectivity index (χ4n) is 2.85. The molecule has 184 valence electrons. The number of benzene rings is 1. The highest BCUT2D eigenvalue weighted by atomic mass is 32.2. The number of nitrogens with two attached hydrogens (primary N) is 1. The minimum atomic E-state index is -1.53. The molecule has 5 unspecified atom stereocenters. The van der Waals surface area contributed by atoms with Gasteiger partial charge in [0.1, 0.15) is 12.1 Å². The van der Waals surface area contributed by atoms with Crippen molar-refractivity contribution in [1.82, 2.24) is 16.0 Å². The summed E-state index contributed by atoms with van der Waals surface area (Å²) in [6.45, 7) is 1.24. The van der Waals surface area contributed by atoms with Gasteiger partial charge in [-0.1, -0.05) is 30.3 Å². The average molecular weight is 501 g/mol. The van der Waals surface area contributed by atoms with Crippen molar-refractivity contribution in [2.45, 2.75) is 50.0 Å². The summed E-state index contributed by atoms with van der Waals surface area (Å²) in [5.41, 5.74) is 6.83. The van der Waals surface area contributed by atoms with E-state index < -0.39 is 54.0 Å². The molecule has 0 radical (unpaired) electrons. The average Bonchev–Trinajstić information content (AvgIpc) is 2.78. The largest absolute Gasteiger partial charge is 0.480 e. The smallest absolute Gasteiger partial charge is 0.328 e. The molecule has 0 spiro atoms. The van der Waals surface area contributed by atoms with Gasteiger partial charge in [-0.3, -0.25) is 14.4 Å². The van der Waals surface area contributed by atoms with Crippen molar-refractivity contribution in [3.63, 3.8) is 0 Å². The Hall–Kier alpha value is -2.28. The van der Waals surface area contributed by atoms with Crippen LogP contribution in [-0.2, 0) is 25.6 Å². The van der Waals surface area contributed by atoms with E-state index in [0.29, 0.717) is 5.75 Å². The van der Waals surface area contributed by atoms with Crippen LogP contribution in [0.3, 0.4) is 0 Å². The van der Waals surface area contributed by atoms with Crippen LogP contribution in [0, 0.1) is 0 Å². The van der Waals surface area contributed by atoms with E-state index in [9.17, 15) is 29.4 Å². The lowest BCUT2D eigenvalue weighted by Gasteiger charge is -2.25. The fourth-order valence-corrected chi connectivity index (χ4v) is 3.58. The van der Waals surface area contributed by atoms with Gasteiger partial charge in [0.2, 0.25) is 17.7 Å². The van der Waals surface area contributed by atoms with Crippen molar-refractivity contribution in [3.8, 4) is 0 Å². The van der Waals surface area contributed by atoms with E-state index in [1.807, 2.05) is 36.6 Å². The predicted molar refractivity (Wildman–Crippen MR) is 130 cm³/mol. The summed E-state index contributed by atoms with van der Waals surface area (Å²) < 4.78 is 0. The number of thiol groups is 1. The quantitative estimate of drug-likeness (QED) is 0.162. The van der Waals surface area contributed by atoms with Crippen molar-refractivity contribution >= 4 is 48.1 Å². The number of carboxylic acid groups (broad SMARTS) is 1. The molecule has 0 bridgehead atoms. The number of hydrogen-bond donors (Lipinski definition) is 7. The lowest BCUT2D eigenvalue weighted by Crippen LogP contribution is -2.58. The third kappa shape index (κ3) is 10.0. The van der Waals surface area contributed by atoms with Gasteiger partial charge in [-0.15, -0.1) is 0 Å². The first-order chi connectivity index (χ1) is 15.6. The van der Waals surface area contributed by atoms with E-state index in [2.05, 4.69) is 28.6 Å². The number of carbonyl (C=O) groups excluding carboxylic acids is 3. The Morgan fingerprint density at radius 1 is 1.03 bits per heavy atom. The third-order valence-corrected chi connectivity index (χ3v) is 5.75. The Morgan fingerprint density at radius 3 is 2.12 bits per heavy atom. The van der Waals surface area contributed by atoms with Crippen LogP contribution in [0.25, 0.3) is 0 Å². The van der Waals surface area contributed by atoms with Crippen molar-refractivity contribution in [1.29, 1.82) is 0 Å². The molecule has 0 aliphatic rings. The monoisotopic (exact) mass is 500 g/mol. The van der Waals surface area contributed by atoms with Crippen LogP contribution in [0.1, 0.15) is 18.9 Å². The molecule has 0 fully saturated rings.